The molecule has 1 aliphatic heterocycles. The molecule has 0 bridgehead atoms. The molecule has 5 heteroatoms. The van der Waals surface area contributed by atoms with Gasteiger partial charge in [0.25, 0.3) is 0 Å². The molecule has 1 saturated carbocycles. The Morgan fingerprint density at radius 1 is 1.22 bits per heavy atom. The van der Waals surface area contributed by atoms with Gasteiger partial charge in [-0.05, 0) is 25.3 Å². The van der Waals surface area contributed by atoms with Gasteiger partial charge in [-0.1, -0.05) is 18.2 Å². The van der Waals surface area contributed by atoms with Crippen molar-refractivity contribution in [3.8, 4) is 5.75 Å². The molecule has 126 valence electrons. The highest BCUT2D eigenvalue weighted by atomic mass is 16.5. The van der Waals surface area contributed by atoms with Crippen LogP contribution in [0.3, 0.4) is 0 Å². The maximum atomic E-state index is 12.5. The zero-order chi connectivity index (χ0) is 16.2. The molecular weight excluding hydrogens is 290 g/mol. The molecule has 23 heavy (non-hydrogen) atoms. The predicted octanol–water partition coefficient (Wildman–Crippen LogP) is 1.47. The van der Waals surface area contributed by atoms with Crippen LogP contribution >= 0.6 is 0 Å². The van der Waals surface area contributed by atoms with Crippen LogP contribution in [0.25, 0.3) is 0 Å². The average Bonchev–Trinajstić information content (AvgIpc) is 3.02. The molecule has 0 unspecified atom stereocenters. The first-order valence-electron chi connectivity index (χ1n) is 8.56. The Bertz CT molecular complexity index is 541. The molecule has 5 nitrogen and oxygen atoms in total. The number of ether oxygens (including phenoxy) is 1. The van der Waals surface area contributed by atoms with Crippen molar-refractivity contribution in [3.05, 3.63) is 29.8 Å². The van der Waals surface area contributed by atoms with E-state index in [9.17, 15) is 4.79 Å². The molecule has 0 aromatic heterocycles. The van der Waals surface area contributed by atoms with E-state index in [4.69, 9.17) is 10.5 Å². The van der Waals surface area contributed by atoms with Gasteiger partial charge in [0.1, 0.15) is 5.75 Å². The standard InChI is InChI=1S/C18H27N3O2/c1-23-17-5-3-2-4-15(17)13-20-8-10-21(11-9-20)18(22)14-6-7-16(19)12-14/h2-5,14,16H,6-13,19H2,1H3/t14-,16+/m0/s1. The number of carbonyl (C=O) groups is 1. The van der Waals surface area contributed by atoms with E-state index in [1.165, 1.54) is 5.56 Å². The number of methoxy groups -OCH3 is 1. The molecule has 1 aromatic rings. The minimum absolute atomic E-state index is 0.158. The van der Waals surface area contributed by atoms with Gasteiger partial charge in [0, 0.05) is 50.2 Å². The molecule has 1 aliphatic carbocycles. The highest BCUT2D eigenvalue weighted by molar-refractivity contribution is 5.79. The highest BCUT2D eigenvalue weighted by Gasteiger charge is 2.32. The third-order valence-electron chi connectivity index (χ3n) is 5.09. The lowest BCUT2D eigenvalue weighted by Crippen LogP contribution is -2.49. The molecule has 1 aromatic carbocycles. The predicted molar refractivity (Wildman–Crippen MR) is 90.2 cm³/mol. The number of rotatable bonds is 4. The van der Waals surface area contributed by atoms with Crippen LogP contribution in [0.2, 0.25) is 0 Å². The topological polar surface area (TPSA) is 58.8 Å². The highest BCUT2D eigenvalue weighted by Crippen LogP contribution is 2.27. The van der Waals surface area contributed by atoms with Crippen molar-refractivity contribution in [2.45, 2.75) is 31.8 Å². The summed E-state index contributed by atoms with van der Waals surface area (Å²) in [6.07, 6.45) is 2.81. The number of piperazine rings is 1. The van der Waals surface area contributed by atoms with E-state index in [-0.39, 0.29) is 12.0 Å². The number of carbonyl (C=O) groups excluding carboxylic acids is 1. The fraction of sp³-hybridized carbons (Fsp3) is 0.611. The number of para-hydroxylation sites is 1. The number of hydrogen-bond donors (Lipinski definition) is 1. The van der Waals surface area contributed by atoms with Gasteiger partial charge in [-0.3, -0.25) is 9.69 Å². The average molecular weight is 317 g/mol. The zero-order valence-electron chi connectivity index (χ0n) is 13.9. The maximum Gasteiger partial charge on any atom is 0.225 e. The number of amides is 1. The van der Waals surface area contributed by atoms with E-state index < -0.39 is 0 Å². The second-order valence-corrected chi connectivity index (χ2v) is 6.68. The number of hydrogen-bond acceptors (Lipinski definition) is 4. The lowest BCUT2D eigenvalue weighted by atomic mass is 10.1. The smallest absolute Gasteiger partial charge is 0.225 e. The molecule has 0 radical (unpaired) electrons. The van der Waals surface area contributed by atoms with Crippen LogP contribution in [0, 0.1) is 5.92 Å². The largest absolute Gasteiger partial charge is 0.496 e. The summed E-state index contributed by atoms with van der Waals surface area (Å²) in [7, 11) is 1.71. The number of nitrogens with zero attached hydrogens (tertiary/aromatic N) is 2. The Balaban J connectivity index is 1.51. The van der Waals surface area contributed by atoms with Crippen LogP contribution in [0.4, 0.5) is 0 Å². The van der Waals surface area contributed by atoms with Gasteiger partial charge in [0.05, 0.1) is 7.11 Å². The molecule has 2 fully saturated rings. The van der Waals surface area contributed by atoms with Gasteiger partial charge in [0.2, 0.25) is 5.91 Å². The quantitative estimate of drug-likeness (QED) is 0.913. The first-order chi connectivity index (χ1) is 11.2. The lowest BCUT2D eigenvalue weighted by molar-refractivity contribution is -0.137. The van der Waals surface area contributed by atoms with Crippen molar-refractivity contribution in [1.29, 1.82) is 0 Å². The normalized spacial score (nSPS) is 25.6. The van der Waals surface area contributed by atoms with Gasteiger partial charge in [-0.2, -0.15) is 0 Å². The summed E-state index contributed by atoms with van der Waals surface area (Å²) < 4.78 is 5.42. The Morgan fingerprint density at radius 2 is 1.96 bits per heavy atom. The summed E-state index contributed by atoms with van der Waals surface area (Å²) in [6.45, 7) is 4.35. The molecule has 0 spiro atoms. The SMILES string of the molecule is COc1ccccc1CN1CCN(C(=O)[C@H]2CC[C@@H](N)C2)CC1. The third kappa shape index (κ3) is 3.85. The van der Waals surface area contributed by atoms with Gasteiger partial charge in [-0.25, -0.2) is 0 Å². The van der Waals surface area contributed by atoms with Crippen LogP contribution in [0.5, 0.6) is 5.75 Å². The summed E-state index contributed by atoms with van der Waals surface area (Å²) in [6, 6.07) is 8.36. The van der Waals surface area contributed by atoms with Gasteiger partial charge < -0.3 is 15.4 Å². The van der Waals surface area contributed by atoms with Crippen molar-refractivity contribution < 1.29 is 9.53 Å². The Morgan fingerprint density at radius 3 is 2.61 bits per heavy atom. The van der Waals surface area contributed by atoms with Crippen molar-refractivity contribution in [1.82, 2.24) is 9.80 Å². The lowest BCUT2D eigenvalue weighted by Gasteiger charge is -2.36. The molecule has 1 amide bonds. The van der Waals surface area contributed by atoms with E-state index >= 15 is 0 Å². The summed E-state index contributed by atoms with van der Waals surface area (Å²) in [5.74, 6) is 1.41. The van der Waals surface area contributed by atoms with Crippen LogP contribution < -0.4 is 10.5 Å². The van der Waals surface area contributed by atoms with Crippen LogP contribution in [0.15, 0.2) is 24.3 Å². The van der Waals surface area contributed by atoms with Crippen molar-refractivity contribution in [2.24, 2.45) is 11.7 Å². The molecule has 1 saturated heterocycles. The minimum Gasteiger partial charge on any atom is -0.496 e. The second kappa shape index (κ2) is 7.32. The molecular formula is C18H27N3O2. The molecule has 1 heterocycles. The Hall–Kier alpha value is -1.59. The summed E-state index contributed by atoms with van der Waals surface area (Å²) in [5.41, 5.74) is 7.14. The molecule has 3 rings (SSSR count). The van der Waals surface area contributed by atoms with Gasteiger partial charge >= 0.3 is 0 Å². The monoisotopic (exact) mass is 317 g/mol. The van der Waals surface area contributed by atoms with Crippen LogP contribution in [0.1, 0.15) is 24.8 Å². The van der Waals surface area contributed by atoms with E-state index in [1.807, 2.05) is 23.1 Å². The fourth-order valence-corrected chi connectivity index (χ4v) is 3.70. The second-order valence-electron chi connectivity index (χ2n) is 6.68. The number of benzene rings is 1. The fourth-order valence-electron chi connectivity index (χ4n) is 3.70. The van der Waals surface area contributed by atoms with E-state index in [0.29, 0.717) is 5.91 Å². The maximum absolute atomic E-state index is 12.5. The van der Waals surface area contributed by atoms with Crippen LogP contribution in [-0.4, -0.2) is 55.0 Å². The zero-order valence-corrected chi connectivity index (χ0v) is 13.9. The van der Waals surface area contributed by atoms with Crippen molar-refractivity contribution in [3.63, 3.8) is 0 Å². The summed E-state index contributed by atoms with van der Waals surface area (Å²) >= 11 is 0. The van der Waals surface area contributed by atoms with Crippen molar-refractivity contribution in [2.75, 3.05) is 33.3 Å². The Labute approximate surface area is 138 Å². The third-order valence-corrected chi connectivity index (χ3v) is 5.09. The molecule has 2 aliphatic rings. The van der Waals surface area contributed by atoms with E-state index in [1.54, 1.807) is 7.11 Å². The van der Waals surface area contributed by atoms with Crippen molar-refractivity contribution >= 4 is 5.91 Å². The first-order valence-corrected chi connectivity index (χ1v) is 8.56. The van der Waals surface area contributed by atoms with E-state index in [2.05, 4.69) is 11.0 Å². The van der Waals surface area contributed by atoms with Gasteiger partial charge in [-0.15, -0.1) is 0 Å². The molecule has 2 N–H and O–H groups in total. The van der Waals surface area contributed by atoms with Crippen LogP contribution in [-0.2, 0) is 11.3 Å². The number of nitrogens with two attached hydrogens (primary N) is 1. The molecule has 2 atom stereocenters. The van der Waals surface area contributed by atoms with Gasteiger partial charge in [0.15, 0.2) is 0 Å². The van der Waals surface area contributed by atoms with E-state index in [0.717, 1.165) is 57.7 Å². The summed E-state index contributed by atoms with van der Waals surface area (Å²) in [4.78, 5) is 17.0. The summed E-state index contributed by atoms with van der Waals surface area (Å²) in [5, 5.41) is 0. The Kier molecular flexibility index (Phi) is 5.18. The minimum atomic E-state index is 0.158. The first kappa shape index (κ1) is 16.3.